The average Bonchev–Trinajstić information content (AvgIpc) is 3.08. The van der Waals surface area contributed by atoms with Gasteiger partial charge < -0.3 is 15.0 Å². The van der Waals surface area contributed by atoms with Crippen molar-refractivity contribution in [1.82, 2.24) is 15.1 Å². The molecule has 132 valence electrons. The van der Waals surface area contributed by atoms with Crippen LogP contribution in [-0.2, 0) is 16.1 Å². The van der Waals surface area contributed by atoms with E-state index in [1.54, 1.807) is 22.7 Å². The third-order valence-corrected chi connectivity index (χ3v) is 4.06. The zero-order chi connectivity index (χ0) is 17.8. The van der Waals surface area contributed by atoms with Gasteiger partial charge in [-0.25, -0.2) is 0 Å². The van der Waals surface area contributed by atoms with Crippen molar-refractivity contribution in [3.63, 3.8) is 0 Å². The molecule has 1 aliphatic rings. The summed E-state index contributed by atoms with van der Waals surface area (Å²) < 4.78 is 7.38. The number of hydrogen-bond donors (Lipinski definition) is 1. The van der Waals surface area contributed by atoms with Crippen LogP contribution in [0.15, 0.2) is 42.7 Å². The number of carbonyl (C=O) groups excluding carboxylic acids is 2. The first-order valence-electron chi connectivity index (χ1n) is 8.38. The van der Waals surface area contributed by atoms with Crippen LogP contribution in [0.3, 0.4) is 0 Å². The van der Waals surface area contributed by atoms with Gasteiger partial charge in [-0.1, -0.05) is 12.1 Å². The lowest BCUT2D eigenvalue weighted by molar-refractivity contribution is -0.125. The molecule has 25 heavy (non-hydrogen) atoms. The van der Waals surface area contributed by atoms with E-state index in [0.29, 0.717) is 24.5 Å². The van der Waals surface area contributed by atoms with Crippen LogP contribution in [0.25, 0.3) is 0 Å². The molecule has 1 aromatic carbocycles. The minimum atomic E-state index is -0.545. The molecule has 0 saturated heterocycles. The third-order valence-electron chi connectivity index (χ3n) is 4.06. The second-order valence-corrected chi connectivity index (χ2v) is 6.16. The summed E-state index contributed by atoms with van der Waals surface area (Å²) in [6.45, 7) is 4.58. The molecule has 1 aromatic heterocycles. The molecular formula is C18H22N4O3. The highest BCUT2D eigenvalue weighted by atomic mass is 16.5. The Bertz CT molecular complexity index is 745. The molecular weight excluding hydrogens is 320 g/mol. The molecule has 7 heteroatoms. The Kier molecular flexibility index (Phi) is 5.02. The summed E-state index contributed by atoms with van der Waals surface area (Å²) >= 11 is 0. The number of amides is 2. The van der Waals surface area contributed by atoms with E-state index in [9.17, 15) is 9.59 Å². The lowest BCUT2D eigenvalue weighted by Gasteiger charge is -2.32. The van der Waals surface area contributed by atoms with Crippen molar-refractivity contribution in [3.8, 4) is 5.75 Å². The molecule has 1 aliphatic heterocycles. The topological polar surface area (TPSA) is 76.5 Å². The first kappa shape index (κ1) is 17.0. The van der Waals surface area contributed by atoms with Gasteiger partial charge in [-0.15, -0.1) is 0 Å². The summed E-state index contributed by atoms with van der Waals surface area (Å²) in [5.74, 6) is 0.447. The number of fused-ring (bicyclic) bond motifs is 1. The molecule has 2 heterocycles. The molecule has 0 unspecified atom stereocenters. The van der Waals surface area contributed by atoms with E-state index in [4.69, 9.17) is 4.74 Å². The van der Waals surface area contributed by atoms with Crippen molar-refractivity contribution in [2.24, 2.45) is 0 Å². The van der Waals surface area contributed by atoms with Crippen LogP contribution in [0.2, 0.25) is 0 Å². The number of anilines is 1. The fourth-order valence-corrected chi connectivity index (χ4v) is 2.88. The molecule has 2 amide bonds. The Balaban J connectivity index is 1.57. The second-order valence-electron chi connectivity index (χ2n) is 6.16. The summed E-state index contributed by atoms with van der Waals surface area (Å²) in [6.07, 6.45) is 3.25. The maximum Gasteiger partial charge on any atom is 0.267 e. The van der Waals surface area contributed by atoms with Crippen molar-refractivity contribution in [1.29, 1.82) is 0 Å². The van der Waals surface area contributed by atoms with Crippen LogP contribution >= 0.6 is 0 Å². The number of nitrogens with one attached hydrogen (secondary N) is 1. The van der Waals surface area contributed by atoms with Gasteiger partial charge in [0.2, 0.25) is 5.91 Å². The molecule has 7 nitrogen and oxygen atoms in total. The Hall–Kier alpha value is -2.83. The summed E-state index contributed by atoms with van der Waals surface area (Å²) in [5, 5.41) is 7.06. The molecule has 0 radical (unpaired) electrons. The van der Waals surface area contributed by atoms with E-state index in [-0.39, 0.29) is 24.3 Å². The SMILES string of the molecule is C[C@@H]1Oc2ccccc2N(CCC(=O)N[C@@H](C)Cn2cccn2)C1=O. The summed E-state index contributed by atoms with van der Waals surface area (Å²) in [4.78, 5) is 26.2. The van der Waals surface area contributed by atoms with E-state index in [0.717, 1.165) is 0 Å². The van der Waals surface area contributed by atoms with Crippen LogP contribution in [0.1, 0.15) is 20.3 Å². The predicted octanol–water partition coefficient (Wildman–Crippen LogP) is 1.59. The molecule has 0 aliphatic carbocycles. The van der Waals surface area contributed by atoms with Crippen LogP contribution in [0.5, 0.6) is 5.75 Å². The van der Waals surface area contributed by atoms with Crippen LogP contribution in [-0.4, -0.2) is 40.3 Å². The first-order chi connectivity index (χ1) is 12.0. The molecule has 1 N–H and O–H groups in total. The van der Waals surface area contributed by atoms with Crippen LogP contribution < -0.4 is 15.0 Å². The van der Waals surface area contributed by atoms with E-state index in [2.05, 4.69) is 10.4 Å². The van der Waals surface area contributed by atoms with Crippen molar-refractivity contribution in [3.05, 3.63) is 42.7 Å². The van der Waals surface area contributed by atoms with E-state index < -0.39 is 6.10 Å². The molecule has 0 spiro atoms. The maximum absolute atomic E-state index is 12.4. The standard InChI is InChI=1S/C18H22N4O3/c1-13(12-21-10-5-9-19-21)20-17(23)8-11-22-15-6-3-4-7-16(15)25-14(2)18(22)24/h3-7,9-10,13-14H,8,11-12H2,1-2H3,(H,20,23)/t13-,14-/m0/s1. The number of aromatic nitrogens is 2. The molecule has 0 bridgehead atoms. The van der Waals surface area contributed by atoms with Crippen molar-refractivity contribution in [2.75, 3.05) is 11.4 Å². The van der Waals surface area contributed by atoms with Crippen LogP contribution in [0.4, 0.5) is 5.69 Å². The Labute approximate surface area is 146 Å². The molecule has 2 atom stereocenters. The predicted molar refractivity (Wildman–Crippen MR) is 93.3 cm³/mol. The third kappa shape index (κ3) is 3.99. The van der Waals surface area contributed by atoms with E-state index in [1.807, 2.05) is 43.5 Å². The maximum atomic E-state index is 12.4. The van der Waals surface area contributed by atoms with Gasteiger partial charge in [-0.05, 0) is 32.0 Å². The second kappa shape index (κ2) is 7.38. The minimum absolute atomic E-state index is 0.0426. The lowest BCUT2D eigenvalue weighted by Crippen LogP contribution is -2.46. The zero-order valence-corrected chi connectivity index (χ0v) is 14.4. The number of ether oxygens (including phenoxy) is 1. The number of nitrogens with zero attached hydrogens (tertiary/aromatic N) is 3. The number of hydrogen-bond acceptors (Lipinski definition) is 4. The molecule has 0 saturated carbocycles. The highest BCUT2D eigenvalue weighted by Gasteiger charge is 2.31. The Morgan fingerprint density at radius 3 is 2.92 bits per heavy atom. The van der Waals surface area contributed by atoms with Crippen molar-refractivity contribution >= 4 is 17.5 Å². The van der Waals surface area contributed by atoms with Gasteiger partial charge in [0, 0.05) is 31.4 Å². The smallest absolute Gasteiger partial charge is 0.267 e. The highest BCUT2D eigenvalue weighted by molar-refractivity contribution is 6.00. The normalized spacial score (nSPS) is 17.6. The molecule has 2 aromatic rings. The molecule has 3 rings (SSSR count). The summed E-state index contributed by atoms with van der Waals surface area (Å²) in [5.41, 5.74) is 0.711. The highest BCUT2D eigenvalue weighted by Crippen LogP contribution is 2.33. The number of carbonyl (C=O) groups is 2. The van der Waals surface area contributed by atoms with E-state index >= 15 is 0 Å². The quantitative estimate of drug-likeness (QED) is 0.865. The van der Waals surface area contributed by atoms with Crippen molar-refractivity contribution in [2.45, 2.75) is 39.0 Å². The monoisotopic (exact) mass is 342 g/mol. The molecule has 0 fully saturated rings. The number of rotatable bonds is 6. The first-order valence-corrected chi connectivity index (χ1v) is 8.38. The number of para-hydroxylation sites is 2. The van der Waals surface area contributed by atoms with Crippen LogP contribution in [0, 0.1) is 0 Å². The lowest BCUT2D eigenvalue weighted by atomic mass is 10.1. The number of benzene rings is 1. The van der Waals surface area contributed by atoms with Crippen molar-refractivity contribution < 1.29 is 14.3 Å². The average molecular weight is 342 g/mol. The van der Waals surface area contributed by atoms with Gasteiger partial charge in [0.1, 0.15) is 5.75 Å². The van der Waals surface area contributed by atoms with Gasteiger partial charge in [-0.3, -0.25) is 14.3 Å². The van der Waals surface area contributed by atoms with Gasteiger partial charge >= 0.3 is 0 Å². The largest absolute Gasteiger partial charge is 0.479 e. The van der Waals surface area contributed by atoms with E-state index in [1.165, 1.54) is 0 Å². The van der Waals surface area contributed by atoms with Gasteiger partial charge in [-0.2, -0.15) is 5.10 Å². The Morgan fingerprint density at radius 2 is 2.16 bits per heavy atom. The Morgan fingerprint density at radius 1 is 1.36 bits per heavy atom. The fourth-order valence-electron chi connectivity index (χ4n) is 2.88. The fraction of sp³-hybridized carbons (Fsp3) is 0.389. The summed E-state index contributed by atoms with van der Waals surface area (Å²) in [7, 11) is 0. The summed E-state index contributed by atoms with van der Waals surface area (Å²) in [6, 6.07) is 9.18. The zero-order valence-electron chi connectivity index (χ0n) is 14.4. The van der Waals surface area contributed by atoms with Gasteiger partial charge in [0.25, 0.3) is 5.91 Å². The van der Waals surface area contributed by atoms with Gasteiger partial charge in [0.15, 0.2) is 6.10 Å². The van der Waals surface area contributed by atoms with Gasteiger partial charge in [0.05, 0.1) is 12.2 Å². The minimum Gasteiger partial charge on any atom is -0.479 e.